The van der Waals surface area contributed by atoms with Gasteiger partial charge in [0.2, 0.25) is 0 Å². The number of rotatable bonds is 5. The molecule has 3 aromatic rings. The number of piperidine rings is 1. The van der Waals surface area contributed by atoms with Crippen LogP contribution in [0.2, 0.25) is 0 Å². The van der Waals surface area contributed by atoms with Crippen LogP contribution in [0.3, 0.4) is 0 Å². The lowest BCUT2D eigenvalue weighted by molar-refractivity contribution is 0.156. The van der Waals surface area contributed by atoms with Crippen LogP contribution >= 0.6 is 0 Å². The van der Waals surface area contributed by atoms with E-state index in [-0.39, 0.29) is 6.03 Å². The van der Waals surface area contributed by atoms with Crippen LogP contribution in [0.1, 0.15) is 70.4 Å². The zero-order chi connectivity index (χ0) is 27.3. The van der Waals surface area contributed by atoms with Crippen LogP contribution in [0.15, 0.2) is 78.6 Å². The quantitative estimate of drug-likeness (QED) is 0.348. The highest BCUT2D eigenvalue weighted by atomic mass is 16.5. The third-order valence-corrected chi connectivity index (χ3v) is 6.44. The molecule has 0 spiro atoms. The first-order valence-electron chi connectivity index (χ1n) is 13.9. The van der Waals surface area contributed by atoms with Crippen LogP contribution in [0.4, 0.5) is 4.79 Å². The average Bonchev–Trinajstić information content (AvgIpc) is 3.77. The highest BCUT2D eigenvalue weighted by molar-refractivity contribution is 5.75. The summed E-state index contributed by atoms with van der Waals surface area (Å²) in [4.78, 5) is 25.2. The summed E-state index contributed by atoms with van der Waals surface area (Å²) in [5.41, 5.74) is 3.76. The summed E-state index contributed by atoms with van der Waals surface area (Å²) in [7, 11) is 1.95. The van der Waals surface area contributed by atoms with Crippen LogP contribution in [0, 0.1) is 0 Å². The van der Waals surface area contributed by atoms with E-state index >= 15 is 0 Å². The first-order valence-corrected chi connectivity index (χ1v) is 13.9. The van der Waals surface area contributed by atoms with Crippen molar-refractivity contribution < 1.29 is 9.53 Å². The molecule has 1 aliphatic carbocycles. The Balaban J connectivity index is 0.000000748. The fraction of sp³-hybridized carbons (Fsp3) is 0.406. The van der Waals surface area contributed by atoms with Gasteiger partial charge in [0.1, 0.15) is 5.75 Å². The highest BCUT2D eigenvalue weighted by Crippen LogP contribution is 2.44. The lowest BCUT2D eigenvalue weighted by Crippen LogP contribution is -2.45. The molecule has 1 saturated carbocycles. The zero-order valence-corrected chi connectivity index (χ0v) is 23.5. The summed E-state index contributed by atoms with van der Waals surface area (Å²) < 4.78 is 5.74. The van der Waals surface area contributed by atoms with Crippen LogP contribution in [0.5, 0.6) is 11.8 Å². The Bertz CT molecular complexity index is 1140. The summed E-state index contributed by atoms with van der Waals surface area (Å²) in [6.07, 6.45) is 9.60. The van der Waals surface area contributed by atoms with Gasteiger partial charge in [0.25, 0.3) is 0 Å². The monoisotopic (exact) mass is 514 g/mol. The topological polar surface area (TPSA) is 58.6 Å². The Morgan fingerprint density at radius 1 is 1.00 bits per heavy atom. The number of likely N-dealkylation sites (N-methyl/N-ethyl adjacent to an activating group) is 1. The van der Waals surface area contributed by atoms with Crippen molar-refractivity contribution in [2.45, 2.75) is 65.3 Å². The van der Waals surface area contributed by atoms with Crippen molar-refractivity contribution in [2.75, 3.05) is 20.1 Å². The number of likely N-dealkylation sites (tertiary alicyclic amines) is 1. The van der Waals surface area contributed by atoms with Crippen molar-refractivity contribution in [3.63, 3.8) is 0 Å². The zero-order valence-electron chi connectivity index (χ0n) is 23.5. The maximum absolute atomic E-state index is 13.0. The largest absolute Gasteiger partial charge is 0.424 e. The predicted octanol–water partition coefficient (Wildman–Crippen LogP) is 7.80. The fourth-order valence-corrected chi connectivity index (χ4v) is 4.51. The number of aromatic nitrogens is 2. The number of amides is 2. The normalized spacial score (nSPS) is 17.7. The molecule has 5 rings (SSSR count). The first-order chi connectivity index (χ1) is 18.6. The van der Waals surface area contributed by atoms with Gasteiger partial charge in [0, 0.05) is 44.5 Å². The molecule has 1 saturated heterocycles. The minimum atomic E-state index is 0.149. The fourth-order valence-electron chi connectivity index (χ4n) is 4.51. The van der Waals surface area contributed by atoms with Gasteiger partial charge in [0.15, 0.2) is 0 Å². The van der Waals surface area contributed by atoms with Gasteiger partial charge < -0.3 is 14.5 Å². The van der Waals surface area contributed by atoms with E-state index in [1.807, 2.05) is 55.0 Å². The van der Waals surface area contributed by atoms with Gasteiger partial charge in [-0.3, -0.25) is 0 Å². The molecule has 0 bridgehead atoms. The Morgan fingerprint density at radius 2 is 1.66 bits per heavy atom. The number of ether oxygens (including phenoxy) is 1. The maximum Gasteiger partial charge on any atom is 0.321 e. The number of benzene rings is 2. The molecule has 2 heterocycles. The maximum atomic E-state index is 13.0. The Kier molecular flexibility index (Phi) is 11.3. The second-order valence-electron chi connectivity index (χ2n) is 9.42. The standard InChI is InChI=1S/C27H28N4O2.C3H8.C2H6/c1-30(25-19-24(25)22-8-3-2-4-9-22)27(32)31-15-11-20(12-16-31)17-21-7-5-10-23(18-21)33-26-28-13-6-14-29-26;1-3-2;1-2/h2-10,13-14,17-18,24-25H,11-12,15-16,19H2,1H3;3H2,1-2H3;1-2H3. The lowest BCUT2D eigenvalue weighted by atomic mass is 10.0. The molecule has 0 N–H and O–H groups in total. The Labute approximate surface area is 228 Å². The molecule has 1 aromatic heterocycles. The van der Waals surface area contributed by atoms with Crippen LogP contribution < -0.4 is 4.74 Å². The van der Waals surface area contributed by atoms with Crippen molar-refractivity contribution in [3.8, 4) is 11.8 Å². The molecule has 38 heavy (non-hydrogen) atoms. The molecule has 2 amide bonds. The molecule has 1 aliphatic heterocycles. The number of carbonyl (C=O) groups is 1. The second kappa shape index (κ2) is 14.9. The van der Waals surface area contributed by atoms with Crippen LogP contribution in [0.25, 0.3) is 6.08 Å². The van der Waals surface area contributed by atoms with Gasteiger partial charge in [-0.05, 0) is 48.6 Å². The number of nitrogens with zero attached hydrogens (tertiary/aromatic N) is 4. The van der Waals surface area contributed by atoms with E-state index in [4.69, 9.17) is 4.74 Å². The van der Waals surface area contributed by atoms with Crippen molar-refractivity contribution >= 4 is 12.1 Å². The smallest absolute Gasteiger partial charge is 0.321 e. The molecule has 6 nitrogen and oxygen atoms in total. The SMILES string of the molecule is CC.CCC.CN(C(=O)N1CCC(=Cc2cccc(Oc3ncccn3)c2)CC1)C1CC1c1ccccc1. The molecular weight excluding hydrogens is 472 g/mol. The minimum absolute atomic E-state index is 0.149. The molecular formula is C32H42N4O2. The van der Waals surface area contributed by atoms with Crippen LogP contribution in [-0.4, -0.2) is 52.0 Å². The van der Waals surface area contributed by atoms with Gasteiger partial charge in [0.05, 0.1) is 0 Å². The Morgan fingerprint density at radius 3 is 2.32 bits per heavy atom. The van der Waals surface area contributed by atoms with Crippen molar-refractivity contribution in [2.24, 2.45) is 0 Å². The van der Waals surface area contributed by atoms with E-state index in [2.05, 4.69) is 60.2 Å². The minimum Gasteiger partial charge on any atom is -0.424 e. The number of urea groups is 1. The molecule has 2 fully saturated rings. The number of carbonyl (C=O) groups excluding carboxylic acids is 1. The van der Waals surface area contributed by atoms with Gasteiger partial charge in [-0.1, -0.05) is 88.2 Å². The highest BCUT2D eigenvalue weighted by Gasteiger charge is 2.44. The van der Waals surface area contributed by atoms with E-state index < -0.39 is 0 Å². The van der Waals surface area contributed by atoms with E-state index in [0.29, 0.717) is 23.7 Å². The van der Waals surface area contributed by atoms with Crippen molar-refractivity contribution in [1.82, 2.24) is 19.8 Å². The molecule has 2 aliphatic rings. The van der Waals surface area contributed by atoms with Crippen LogP contribution in [-0.2, 0) is 0 Å². The summed E-state index contributed by atoms with van der Waals surface area (Å²) in [5, 5.41) is 0. The first kappa shape index (κ1) is 28.9. The Hall–Kier alpha value is -3.67. The second-order valence-corrected chi connectivity index (χ2v) is 9.42. The van der Waals surface area contributed by atoms with Crippen molar-refractivity contribution in [1.29, 1.82) is 0 Å². The molecule has 6 heteroatoms. The molecule has 2 aromatic carbocycles. The molecule has 0 radical (unpaired) electrons. The lowest BCUT2D eigenvalue weighted by Gasteiger charge is -2.32. The molecule has 202 valence electrons. The molecule has 2 unspecified atom stereocenters. The van der Waals surface area contributed by atoms with E-state index in [9.17, 15) is 4.79 Å². The van der Waals surface area contributed by atoms with E-state index in [0.717, 1.165) is 37.9 Å². The summed E-state index contributed by atoms with van der Waals surface area (Å²) in [5.74, 6) is 1.18. The summed E-state index contributed by atoms with van der Waals surface area (Å²) >= 11 is 0. The average molecular weight is 515 g/mol. The van der Waals surface area contributed by atoms with Gasteiger partial charge >= 0.3 is 12.0 Å². The van der Waals surface area contributed by atoms with E-state index in [1.165, 1.54) is 17.6 Å². The van der Waals surface area contributed by atoms with Gasteiger partial charge in [-0.15, -0.1) is 0 Å². The number of hydrogen-bond donors (Lipinski definition) is 0. The summed E-state index contributed by atoms with van der Waals surface area (Å²) in [6, 6.07) is 21.0. The number of hydrogen-bond acceptors (Lipinski definition) is 4. The molecule has 2 atom stereocenters. The van der Waals surface area contributed by atoms with Gasteiger partial charge in [-0.25, -0.2) is 14.8 Å². The van der Waals surface area contributed by atoms with E-state index in [1.54, 1.807) is 18.5 Å². The summed E-state index contributed by atoms with van der Waals surface area (Å²) in [6.45, 7) is 9.76. The van der Waals surface area contributed by atoms with Crippen molar-refractivity contribution in [3.05, 3.63) is 89.8 Å². The third-order valence-electron chi connectivity index (χ3n) is 6.44. The van der Waals surface area contributed by atoms with Gasteiger partial charge in [-0.2, -0.15) is 0 Å². The predicted molar refractivity (Wildman–Crippen MR) is 155 cm³/mol. The third kappa shape index (κ3) is 8.17.